The fourth-order valence-electron chi connectivity index (χ4n) is 3.62. The molecule has 1 aliphatic heterocycles. The lowest BCUT2D eigenvalue weighted by molar-refractivity contribution is 0.00620. The summed E-state index contributed by atoms with van der Waals surface area (Å²) in [6.45, 7) is 11.6. The molecule has 1 saturated carbocycles. The van der Waals surface area contributed by atoms with Gasteiger partial charge in [0, 0.05) is 6.04 Å². The van der Waals surface area contributed by atoms with Crippen LogP contribution in [0.1, 0.15) is 64.5 Å². The number of imidazole rings is 1. The number of nitrogens with zero attached hydrogens (tertiary/aromatic N) is 2. The van der Waals surface area contributed by atoms with E-state index in [1.54, 1.807) is 6.20 Å². The maximum atomic E-state index is 12.6. The van der Waals surface area contributed by atoms with Gasteiger partial charge in [-0.15, -0.1) is 0 Å². The van der Waals surface area contributed by atoms with Crippen LogP contribution in [0.4, 0.5) is 4.79 Å². The first kappa shape index (κ1) is 15.1. The Morgan fingerprint density at radius 2 is 2.18 bits per heavy atom. The molecule has 3 atom stereocenters. The molecule has 1 saturated heterocycles. The average Bonchev–Trinajstić information content (AvgIpc) is 3.10. The van der Waals surface area contributed by atoms with Crippen LogP contribution in [0.15, 0.2) is 12.8 Å². The second-order valence-corrected chi connectivity index (χ2v) is 7.52. The van der Waals surface area contributed by atoms with E-state index in [0.29, 0.717) is 5.92 Å². The molecule has 3 unspecified atom stereocenters. The fraction of sp³-hybridized carbons (Fsp3) is 0.647. The van der Waals surface area contributed by atoms with E-state index in [1.165, 1.54) is 0 Å². The molecule has 3 rings (SSSR count). The van der Waals surface area contributed by atoms with Crippen LogP contribution in [0.2, 0.25) is 0 Å². The lowest BCUT2D eigenvalue weighted by atomic mass is 9.98. The number of H-pyrrole nitrogens is 1. The summed E-state index contributed by atoms with van der Waals surface area (Å²) >= 11 is 0. The highest BCUT2D eigenvalue weighted by molar-refractivity contribution is 5.70. The zero-order chi connectivity index (χ0) is 16.1. The highest BCUT2D eigenvalue weighted by Gasteiger charge is 2.51. The normalized spacial score (nSPS) is 27.3. The largest absolute Gasteiger partial charge is 0.444 e. The fourth-order valence-corrected chi connectivity index (χ4v) is 3.62. The lowest BCUT2D eigenvalue weighted by Gasteiger charge is -2.35. The number of hydrogen-bond donors (Lipinski definition) is 1. The second kappa shape index (κ2) is 5.14. The molecule has 1 aliphatic carbocycles. The molecule has 1 aromatic rings. The van der Waals surface area contributed by atoms with Gasteiger partial charge in [0.05, 0.1) is 17.9 Å². The summed E-state index contributed by atoms with van der Waals surface area (Å²) in [6.07, 6.45) is 4.84. The number of carbonyl (C=O) groups is 1. The van der Waals surface area contributed by atoms with Crippen LogP contribution in [0.5, 0.6) is 0 Å². The van der Waals surface area contributed by atoms with E-state index in [4.69, 9.17) is 4.74 Å². The van der Waals surface area contributed by atoms with E-state index in [1.807, 2.05) is 32.6 Å². The zero-order valence-electron chi connectivity index (χ0n) is 13.8. The van der Waals surface area contributed by atoms with Gasteiger partial charge in [0.2, 0.25) is 0 Å². The number of likely N-dealkylation sites (tertiary alicyclic amines) is 1. The molecule has 1 amide bonds. The van der Waals surface area contributed by atoms with Crippen LogP contribution in [-0.4, -0.2) is 32.6 Å². The van der Waals surface area contributed by atoms with Crippen molar-refractivity contribution < 1.29 is 9.53 Å². The molecule has 5 nitrogen and oxygen atoms in total. The van der Waals surface area contributed by atoms with Gasteiger partial charge < -0.3 is 9.72 Å². The molecular formula is C17H25N3O2. The molecule has 1 aromatic heterocycles. The number of ether oxygens (including phenoxy) is 1. The Morgan fingerprint density at radius 1 is 1.45 bits per heavy atom. The number of hydrogen-bond acceptors (Lipinski definition) is 3. The minimum atomic E-state index is -0.477. The Morgan fingerprint density at radius 3 is 2.77 bits per heavy atom. The first-order valence-electron chi connectivity index (χ1n) is 7.98. The molecule has 22 heavy (non-hydrogen) atoms. The van der Waals surface area contributed by atoms with E-state index in [2.05, 4.69) is 16.5 Å². The maximum Gasteiger partial charge on any atom is 0.411 e. The number of allylic oxidation sites excluding steroid dienone is 1. The molecule has 120 valence electrons. The van der Waals surface area contributed by atoms with Crippen LogP contribution in [0, 0.1) is 5.92 Å². The Balaban J connectivity index is 1.87. The van der Waals surface area contributed by atoms with Crippen LogP contribution >= 0.6 is 0 Å². The van der Waals surface area contributed by atoms with Crippen molar-refractivity contribution >= 4 is 11.7 Å². The first-order valence-corrected chi connectivity index (χ1v) is 7.98. The summed E-state index contributed by atoms with van der Waals surface area (Å²) in [7, 11) is 0. The van der Waals surface area contributed by atoms with Gasteiger partial charge in [0.15, 0.2) is 0 Å². The van der Waals surface area contributed by atoms with Gasteiger partial charge in [0.1, 0.15) is 11.4 Å². The Labute approximate surface area is 131 Å². The summed E-state index contributed by atoms with van der Waals surface area (Å²) in [5.41, 5.74) is 1.41. The zero-order valence-corrected chi connectivity index (χ0v) is 13.8. The SMILES string of the molecule is C=C(C)c1cnc(C2C3CCC(C3)N2C(=O)OC(C)(C)C)[nH]1. The van der Waals surface area contributed by atoms with Gasteiger partial charge in [-0.25, -0.2) is 9.78 Å². The molecule has 0 radical (unpaired) electrons. The van der Waals surface area contributed by atoms with Crippen LogP contribution < -0.4 is 0 Å². The van der Waals surface area contributed by atoms with Crippen molar-refractivity contribution in [3.63, 3.8) is 0 Å². The topological polar surface area (TPSA) is 58.2 Å². The molecular weight excluding hydrogens is 278 g/mol. The van der Waals surface area contributed by atoms with E-state index in [9.17, 15) is 4.79 Å². The first-order chi connectivity index (χ1) is 10.3. The summed E-state index contributed by atoms with van der Waals surface area (Å²) in [5.74, 6) is 1.33. The summed E-state index contributed by atoms with van der Waals surface area (Å²) in [5, 5.41) is 0. The predicted octanol–water partition coefficient (Wildman–Crippen LogP) is 3.90. The number of amides is 1. The quantitative estimate of drug-likeness (QED) is 0.901. The summed E-state index contributed by atoms with van der Waals surface area (Å²) < 4.78 is 5.61. The Hall–Kier alpha value is -1.78. The van der Waals surface area contributed by atoms with Crippen molar-refractivity contribution in [3.8, 4) is 0 Å². The third kappa shape index (κ3) is 2.64. The monoisotopic (exact) mass is 303 g/mol. The molecule has 1 N–H and O–H groups in total. The van der Waals surface area contributed by atoms with E-state index in [-0.39, 0.29) is 18.2 Å². The van der Waals surface area contributed by atoms with Crippen LogP contribution in [0.25, 0.3) is 5.57 Å². The van der Waals surface area contributed by atoms with Gasteiger partial charge in [0.25, 0.3) is 0 Å². The van der Waals surface area contributed by atoms with Gasteiger partial charge >= 0.3 is 6.09 Å². The highest BCUT2D eigenvalue weighted by atomic mass is 16.6. The van der Waals surface area contributed by atoms with Crippen molar-refractivity contribution in [2.24, 2.45) is 5.92 Å². The minimum Gasteiger partial charge on any atom is -0.444 e. The third-order valence-corrected chi connectivity index (χ3v) is 4.52. The Bertz CT molecular complexity index is 599. The van der Waals surface area contributed by atoms with E-state index < -0.39 is 5.60 Å². The number of fused-ring (bicyclic) bond motifs is 2. The summed E-state index contributed by atoms with van der Waals surface area (Å²) in [4.78, 5) is 22.4. The number of carbonyl (C=O) groups excluding carboxylic acids is 1. The van der Waals surface area contributed by atoms with E-state index >= 15 is 0 Å². The van der Waals surface area contributed by atoms with Crippen molar-refractivity contribution in [3.05, 3.63) is 24.3 Å². The molecule has 2 bridgehead atoms. The maximum absolute atomic E-state index is 12.6. The average molecular weight is 303 g/mol. The number of aromatic nitrogens is 2. The van der Waals surface area contributed by atoms with Gasteiger partial charge in [-0.2, -0.15) is 0 Å². The van der Waals surface area contributed by atoms with Gasteiger partial charge in [-0.1, -0.05) is 6.58 Å². The lowest BCUT2D eigenvalue weighted by Crippen LogP contribution is -2.43. The molecule has 2 fully saturated rings. The van der Waals surface area contributed by atoms with Gasteiger partial charge in [-0.05, 0) is 58.4 Å². The second-order valence-electron chi connectivity index (χ2n) is 7.52. The van der Waals surface area contributed by atoms with Crippen LogP contribution in [0.3, 0.4) is 0 Å². The number of aromatic amines is 1. The van der Waals surface area contributed by atoms with Gasteiger partial charge in [-0.3, -0.25) is 4.90 Å². The molecule has 0 spiro atoms. The standard InChI is InChI=1S/C17H25N3O2/c1-10(2)13-9-18-15(19-13)14-11-6-7-12(8-11)20(14)16(21)22-17(3,4)5/h9,11-12,14H,1,6-8H2,2-5H3,(H,18,19). The molecule has 5 heteroatoms. The molecule has 2 heterocycles. The van der Waals surface area contributed by atoms with Crippen molar-refractivity contribution in [2.75, 3.05) is 0 Å². The number of piperidine rings is 1. The Kier molecular flexibility index (Phi) is 3.54. The molecule has 2 aliphatic rings. The highest BCUT2D eigenvalue weighted by Crippen LogP contribution is 2.50. The smallest absolute Gasteiger partial charge is 0.411 e. The van der Waals surface area contributed by atoms with Crippen molar-refractivity contribution in [2.45, 2.75) is 64.6 Å². The van der Waals surface area contributed by atoms with Crippen LogP contribution in [-0.2, 0) is 4.74 Å². The van der Waals surface area contributed by atoms with Crippen molar-refractivity contribution in [1.29, 1.82) is 0 Å². The summed E-state index contributed by atoms with van der Waals surface area (Å²) in [6, 6.07) is 0.282. The number of rotatable bonds is 2. The molecule has 0 aromatic carbocycles. The number of nitrogens with one attached hydrogen (secondary N) is 1. The van der Waals surface area contributed by atoms with E-state index in [0.717, 1.165) is 36.4 Å². The minimum absolute atomic E-state index is 0.00157. The van der Waals surface area contributed by atoms with Crippen molar-refractivity contribution in [1.82, 2.24) is 14.9 Å². The third-order valence-electron chi connectivity index (χ3n) is 4.52. The predicted molar refractivity (Wildman–Crippen MR) is 85.2 cm³/mol.